The van der Waals surface area contributed by atoms with Crippen molar-refractivity contribution in [2.75, 3.05) is 0 Å². The van der Waals surface area contributed by atoms with Crippen molar-refractivity contribution < 1.29 is 23.9 Å². The summed E-state index contributed by atoms with van der Waals surface area (Å²) in [6, 6.07) is 20.9. The van der Waals surface area contributed by atoms with E-state index in [1.807, 2.05) is 60.7 Å². The summed E-state index contributed by atoms with van der Waals surface area (Å²) in [6.07, 6.45) is -0.0640. The van der Waals surface area contributed by atoms with E-state index < -0.39 is 23.8 Å². The van der Waals surface area contributed by atoms with E-state index in [2.05, 4.69) is 10.6 Å². The molecule has 3 aromatic rings. The molecule has 2 aromatic carbocycles. The van der Waals surface area contributed by atoms with Gasteiger partial charge in [-0.3, -0.25) is 19.7 Å². The van der Waals surface area contributed by atoms with E-state index in [0.717, 1.165) is 11.1 Å². The Balaban J connectivity index is 1.49. The number of rotatable bonds is 9. The minimum absolute atomic E-state index is 0.0131. The smallest absolute Gasteiger partial charge is 0.320 e. The first-order chi connectivity index (χ1) is 14.5. The van der Waals surface area contributed by atoms with Gasteiger partial charge >= 0.3 is 5.97 Å². The third-order valence-electron chi connectivity index (χ3n) is 4.49. The second-order valence-corrected chi connectivity index (χ2v) is 6.70. The van der Waals surface area contributed by atoms with Gasteiger partial charge < -0.3 is 14.8 Å². The lowest BCUT2D eigenvalue weighted by Crippen LogP contribution is -2.38. The van der Waals surface area contributed by atoms with Crippen LogP contribution in [0, 0.1) is 0 Å². The van der Waals surface area contributed by atoms with Crippen LogP contribution in [0.25, 0.3) is 11.3 Å². The molecule has 0 bridgehead atoms. The number of furan rings is 1. The molecule has 2 amide bonds. The number of amides is 2. The fourth-order valence-corrected chi connectivity index (χ4v) is 2.89. The van der Waals surface area contributed by atoms with Crippen molar-refractivity contribution in [1.29, 1.82) is 0 Å². The number of imide groups is 1. The van der Waals surface area contributed by atoms with Crippen molar-refractivity contribution in [3.05, 3.63) is 84.1 Å². The van der Waals surface area contributed by atoms with E-state index >= 15 is 0 Å². The lowest BCUT2D eigenvalue weighted by Gasteiger charge is -2.14. The Morgan fingerprint density at radius 1 is 0.900 bits per heavy atom. The average Bonchev–Trinajstić information content (AvgIpc) is 3.25. The van der Waals surface area contributed by atoms with Crippen molar-refractivity contribution in [2.24, 2.45) is 0 Å². The number of nitrogens with one attached hydrogen (secondary N) is 2. The number of carboxylic acid groups (broad SMARTS) is 1. The lowest BCUT2D eigenvalue weighted by molar-refractivity contribution is -0.139. The minimum Gasteiger partial charge on any atom is -0.480 e. The first-order valence-corrected chi connectivity index (χ1v) is 9.52. The van der Waals surface area contributed by atoms with Crippen LogP contribution in [0.3, 0.4) is 0 Å². The number of hydrogen-bond donors (Lipinski definition) is 3. The molecule has 0 fully saturated rings. The van der Waals surface area contributed by atoms with E-state index in [1.54, 1.807) is 6.07 Å². The summed E-state index contributed by atoms with van der Waals surface area (Å²) in [6.45, 7) is 0.368. The van der Waals surface area contributed by atoms with Crippen LogP contribution in [0.15, 0.2) is 77.2 Å². The van der Waals surface area contributed by atoms with Crippen LogP contribution in [0.1, 0.15) is 29.0 Å². The van der Waals surface area contributed by atoms with Crippen LogP contribution >= 0.6 is 0 Å². The molecule has 1 atom stereocenters. The van der Waals surface area contributed by atoms with Crippen molar-refractivity contribution in [3.63, 3.8) is 0 Å². The number of aliphatic carboxylic acids is 1. The van der Waals surface area contributed by atoms with Crippen LogP contribution in [-0.4, -0.2) is 28.9 Å². The Morgan fingerprint density at radius 2 is 1.57 bits per heavy atom. The van der Waals surface area contributed by atoms with Gasteiger partial charge in [0.15, 0.2) is 5.76 Å². The van der Waals surface area contributed by atoms with Gasteiger partial charge in [0.2, 0.25) is 5.91 Å². The molecule has 3 rings (SSSR count). The molecule has 154 valence electrons. The lowest BCUT2D eigenvalue weighted by atomic mass is 10.1. The molecule has 7 heteroatoms. The summed E-state index contributed by atoms with van der Waals surface area (Å²) in [4.78, 5) is 35.8. The molecule has 0 radical (unpaired) electrons. The summed E-state index contributed by atoms with van der Waals surface area (Å²) < 4.78 is 5.51. The van der Waals surface area contributed by atoms with Gasteiger partial charge in [0.1, 0.15) is 11.8 Å². The van der Waals surface area contributed by atoms with Crippen LogP contribution in [0.2, 0.25) is 0 Å². The molecule has 1 aromatic heterocycles. The van der Waals surface area contributed by atoms with Crippen LogP contribution in [-0.2, 0) is 16.1 Å². The molecule has 0 unspecified atom stereocenters. The molecule has 7 nitrogen and oxygen atoms in total. The van der Waals surface area contributed by atoms with Crippen molar-refractivity contribution in [3.8, 4) is 11.3 Å². The number of hydrogen-bond acceptors (Lipinski definition) is 5. The molecule has 0 aliphatic heterocycles. The summed E-state index contributed by atoms with van der Waals surface area (Å²) in [7, 11) is 0. The summed E-state index contributed by atoms with van der Waals surface area (Å²) in [5.41, 5.74) is 1.76. The molecular formula is C23H22N2O5. The maximum absolute atomic E-state index is 12.2. The van der Waals surface area contributed by atoms with Gasteiger partial charge in [-0.05, 0) is 24.1 Å². The molecule has 0 saturated heterocycles. The maximum atomic E-state index is 12.2. The number of carbonyl (C=O) groups is 3. The Labute approximate surface area is 173 Å². The van der Waals surface area contributed by atoms with E-state index in [0.29, 0.717) is 12.3 Å². The van der Waals surface area contributed by atoms with Gasteiger partial charge in [-0.15, -0.1) is 0 Å². The van der Waals surface area contributed by atoms with Gasteiger partial charge in [-0.1, -0.05) is 60.7 Å². The van der Waals surface area contributed by atoms with Crippen LogP contribution < -0.4 is 10.6 Å². The average molecular weight is 406 g/mol. The monoisotopic (exact) mass is 406 g/mol. The van der Waals surface area contributed by atoms with Gasteiger partial charge in [0.05, 0.1) is 0 Å². The highest BCUT2D eigenvalue weighted by atomic mass is 16.4. The molecule has 0 saturated carbocycles. The van der Waals surface area contributed by atoms with E-state index in [1.165, 1.54) is 6.07 Å². The van der Waals surface area contributed by atoms with Crippen LogP contribution in [0.4, 0.5) is 0 Å². The summed E-state index contributed by atoms with van der Waals surface area (Å²) in [5, 5.41) is 14.5. The molecule has 30 heavy (non-hydrogen) atoms. The Hall–Kier alpha value is -3.71. The quantitative estimate of drug-likeness (QED) is 0.503. The highest BCUT2D eigenvalue weighted by Gasteiger charge is 2.20. The van der Waals surface area contributed by atoms with Gasteiger partial charge in [0.25, 0.3) is 5.91 Å². The SMILES string of the molecule is O=C(CC[C@H](NCc1ccccc1)C(=O)O)NC(=O)c1ccc(-c2ccccc2)o1. The van der Waals surface area contributed by atoms with E-state index in [9.17, 15) is 19.5 Å². The van der Waals surface area contributed by atoms with Gasteiger partial charge in [-0.2, -0.15) is 0 Å². The molecule has 0 aliphatic carbocycles. The number of carboxylic acids is 1. The maximum Gasteiger partial charge on any atom is 0.320 e. The van der Waals surface area contributed by atoms with Crippen LogP contribution in [0.5, 0.6) is 0 Å². The minimum atomic E-state index is -1.05. The standard InChI is InChI=1S/C23H22N2O5/c26-21(14-11-18(23(28)29)24-15-16-7-3-1-4-8-16)25-22(27)20-13-12-19(30-20)17-9-5-2-6-10-17/h1-10,12-13,18,24H,11,14-15H2,(H,28,29)(H,25,26,27)/t18-/m0/s1. The van der Waals surface area contributed by atoms with E-state index in [-0.39, 0.29) is 18.6 Å². The zero-order valence-electron chi connectivity index (χ0n) is 16.2. The molecule has 3 N–H and O–H groups in total. The zero-order chi connectivity index (χ0) is 21.3. The Kier molecular flexibility index (Phi) is 7.13. The topological polar surface area (TPSA) is 109 Å². The highest BCUT2D eigenvalue weighted by Crippen LogP contribution is 2.21. The zero-order valence-corrected chi connectivity index (χ0v) is 16.2. The Morgan fingerprint density at radius 3 is 2.23 bits per heavy atom. The summed E-state index contributed by atoms with van der Waals surface area (Å²) >= 11 is 0. The fourth-order valence-electron chi connectivity index (χ4n) is 2.89. The first kappa shape index (κ1) is 21.0. The molecule has 0 aliphatic rings. The highest BCUT2D eigenvalue weighted by molar-refractivity contribution is 6.03. The largest absolute Gasteiger partial charge is 0.480 e. The van der Waals surface area contributed by atoms with E-state index in [4.69, 9.17) is 4.42 Å². The Bertz CT molecular complexity index is 999. The molecule has 1 heterocycles. The third kappa shape index (κ3) is 5.89. The number of carbonyl (C=O) groups excluding carboxylic acids is 2. The predicted octanol–water partition coefficient (Wildman–Crippen LogP) is 3.23. The van der Waals surface area contributed by atoms with Crippen molar-refractivity contribution in [2.45, 2.75) is 25.4 Å². The molecule has 0 spiro atoms. The van der Waals surface area contributed by atoms with Gasteiger partial charge in [-0.25, -0.2) is 0 Å². The van der Waals surface area contributed by atoms with Crippen molar-refractivity contribution >= 4 is 17.8 Å². The second kappa shape index (κ2) is 10.2. The summed E-state index contributed by atoms with van der Waals surface area (Å²) in [5.74, 6) is -1.75. The second-order valence-electron chi connectivity index (χ2n) is 6.70. The molecular weight excluding hydrogens is 384 g/mol. The fraction of sp³-hybridized carbons (Fsp3) is 0.174. The third-order valence-corrected chi connectivity index (χ3v) is 4.49. The first-order valence-electron chi connectivity index (χ1n) is 9.52. The number of benzene rings is 2. The van der Waals surface area contributed by atoms with Crippen molar-refractivity contribution in [1.82, 2.24) is 10.6 Å². The normalized spacial score (nSPS) is 11.6. The van der Waals surface area contributed by atoms with Gasteiger partial charge in [0, 0.05) is 18.5 Å². The predicted molar refractivity (Wildman–Crippen MR) is 111 cm³/mol.